The fourth-order valence-corrected chi connectivity index (χ4v) is 5.19. The molecule has 0 bridgehead atoms. The van der Waals surface area contributed by atoms with Crippen LogP contribution < -0.4 is 10.1 Å². The summed E-state index contributed by atoms with van der Waals surface area (Å²) in [5.41, 5.74) is 0.837. The Morgan fingerprint density at radius 1 is 1.21 bits per heavy atom. The number of carbonyl (C=O) groups excluding carboxylic acids is 1. The van der Waals surface area contributed by atoms with Gasteiger partial charge < -0.3 is 9.47 Å². The highest BCUT2D eigenvalue weighted by Crippen LogP contribution is 2.54. The lowest BCUT2D eigenvalue weighted by molar-refractivity contribution is 0.0564. The van der Waals surface area contributed by atoms with Crippen LogP contribution in [0, 0.1) is 5.95 Å². The SMILES string of the molecule is CC(C)(C)OC(=O)NC1=NC2(CS1)c1cc(-c3cccnc3F)ccc1Oc1cnc(Cl)cc12. The number of hydrogen-bond donors (Lipinski definition) is 1. The summed E-state index contributed by atoms with van der Waals surface area (Å²) in [7, 11) is 0. The number of thioether (sulfide) groups is 1. The van der Waals surface area contributed by atoms with E-state index >= 15 is 0 Å². The van der Waals surface area contributed by atoms with Gasteiger partial charge in [-0.25, -0.2) is 19.8 Å². The standard InChI is InChI=1S/C24H20ClFN4O3S/c1-23(2,3)33-22(31)29-21-30-24(12-34-21)15-9-13(14-5-4-8-27-20(14)26)6-7-17(15)32-18-11-28-19(25)10-16(18)24/h4-11H,12H2,1-3H3,(H,29,30,31). The fourth-order valence-electron chi connectivity index (χ4n) is 3.94. The highest BCUT2D eigenvalue weighted by Gasteiger charge is 2.47. The van der Waals surface area contributed by atoms with E-state index in [0.29, 0.717) is 39.1 Å². The first-order valence-electron chi connectivity index (χ1n) is 10.5. The highest BCUT2D eigenvalue weighted by atomic mass is 35.5. The van der Waals surface area contributed by atoms with Gasteiger partial charge in [-0.2, -0.15) is 4.39 Å². The molecular formula is C24H20ClFN4O3S. The molecule has 2 aliphatic heterocycles. The molecule has 7 nitrogen and oxygen atoms in total. The van der Waals surface area contributed by atoms with E-state index in [2.05, 4.69) is 15.3 Å². The van der Waals surface area contributed by atoms with Crippen LogP contribution in [0.4, 0.5) is 9.18 Å². The monoisotopic (exact) mass is 498 g/mol. The number of nitrogens with zero attached hydrogens (tertiary/aromatic N) is 3. The summed E-state index contributed by atoms with van der Waals surface area (Å²) in [5, 5.41) is 3.42. The normalized spacial score (nSPS) is 18.6. The second-order valence-corrected chi connectivity index (χ2v) is 10.2. The number of amidine groups is 1. The van der Waals surface area contributed by atoms with Crippen LogP contribution in [0.25, 0.3) is 11.1 Å². The molecule has 1 amide bonds. The van der Waals surface area contributed by atoms with Crippen molar-refractivity contribution in [2.75, 3.05) is 5.75 Å². The summed E-state index contributed by atoms with van der Waals surface area (Å²) in [6.07, 6.45) is 2.36. The van der Waals surface area contributed by atoms with Gasteiger partial charge in [-0.3, -0.25) is 5.32 Å². The van der Waals surface area contributed by atoms with E-state index in [4.69, 9.17) is 26.1 Å². The van der Waals surface area contributed by atoms with Crippen molar-refractivity contribution in [3.8, 4) is 22.6 Å². The molecule has 2 aromatic heterocycles. The van der Waals surface area contributed by atoms with Gasteiger partial charge in [0.1, 0.15) is 22.0 Å². The highest BCUT2D eigenvalue weighted by molar-refractivity contribution is 8.14. The molecule has 1 aromatic carbocycles. The van der Waals surface area contributed by atoms with Crippen LogP contribution in [0.15, 0.2) is 53.8 Å². The van der Waals surface area contributed by atoms with Crippen LogP contribution in [-0.2, 0) is 10.3 Å². The fraction of sp³-hybridized carbons (Fsp3) is 0.250. The van der Waals surface area contributed by atoms with E-state index in [-0.39, 0.29) is 5.15 Å². The van der Waals surface area contributed by atoms with Gasteiger partial charge in [0, 0.05) is 28.6 Å². The molecule has 0 radical (unpaired) electrons. The number of benzene rings is 1. The summed E-state index contributed by atoms with van der Waals surface area (Å²) in [6.45, 7) is 5.37. The molecule has 1 N–H and O–H groups in total. The molecule has 174 valence electrons. The molecule has 1 atom stereocenters. The molecule has 0 saturated carbocycles. The van der Waals surface area contributed by atoms with Crippen LogP contribution in [0.3, 0.4) is 0 Å². The summed E-state index contributed by atoms with van der Waals surface area (Å²) in [6, 6.07) is 10.4. The number of halogens is 2. The molecule has 0 saturated heterocycles. The Balaban J connectivity index is 1.63. The maximum absolute atomic E-state index is 14.4. The summed E-state index contributed by atoms with van der Waals surface area (Å²) in [5.74, 6) is 0.964. The smallest absolute Gasteiger partial charge is 0.413 e. The molecule has 34 heavy (non-hydrogen) atoms. The first-order valence-corrected chi connectivity index (χ1v) is 11.8. The molecule has 10 heteroatoms. The van der Waals surface area contributed by atoms with Crippen LogP contribution in [-0.4, -0.2) is 32.6 Å². The van der Waals surface area contributed by atoms with Crippen molar-refractivity contribution in [1.29, 1.82) is 0 Å². The third kappa shape index (κ3) is 4.10. The minimum absolute atomic E-state index is 0.286. The predicted molar refractivity (Wildman–Crippen MR) is 129 cm³/mol. The van der Waals surface area contributed by atoms with Crippen molar-refractivity contribution < 1.29 is 18.7 Å². The van der Waals surface area contributed by atoms with Gasteiger partial charge in [-0.1, -0.05) is 29.4 Å². The number of rotatable bonds is 1. The minimum Gasteiger partial charge on any atom is -0.455 e. The van der Waals surface area contributed by atoms with Crippen LogP contribution in [0.2, 0.25) is 5.15 Å². The molecule has 4 heterocycles. The number of alkyl carbamates (subject to hydrolysis) is 1. The van der Waals surface area contributed by atoms with Crippen LogP contribution >= 0.6 is 23.4 Å². The zero-order chi connectivity index (χ0) is 24.1. The van der Waals surface area contributed by atoms with Gasteiger partial charge in [0.25, 0.3) is 0 Å². The molecule has 2 aliphatic rings. The van der Waals surface area contributed by atoms with E-state index in [9.17, 15) is 9.18 Å². The second-order valence-electron chi connectivity index (χ2n) is 8.85. The van der Waals surface area contributed by atoms with Crippen molar-refractivity contribution in [2.45, 2.75) is 31.9 Å². The Morgan fingerprint density at radius 3 is 2.76 bits per heavy atom. The molecule has 3 aromatic rings. The van der Waals surface area contributed by atoms with Crippen molar-refractivity contribution in [1.82, 2.24) is 15.3 Å². The second kappa shape index (κ2) is 8.25. The number of pyridine rings is 2. The van der Waals surface area contributed by atoms with E-state index in [0.717, 1.165) is 5.56 Å². The topological polar surface area (TPSA) is 85.7 Å². The Labute approximate surface area is 204 Å². The van der Waals surface area contributed by atoms with E-state index < -0.39 is 23.2 Å². The molecule has 0 fully saturated rings. The molecule has 5 rings (SSSR count). The van der Waals surface area contributed by atoms with Gasteiger partial charge >= 0.3 is 6.09 Å². The van der Waals surface area contributed by atoms with Gasteiger partial charge in [-0.05, 0) is 56.7 Å². The predicted octanol–water partition coefficient (Wildman–Crippen LogP) is 5.91. The number of ether oxygens (including phenoxy) is 2. The maximum Gasteiger partial charge on any atom is 0.413 e. The van der Waals surface area contributed by atoms with Crippen molar-refractivity contribution >= 4 is 34.6 Å². The quantitative estimate of drug-likeness (QED) is 0.419. The Morgan fingerprint density at radius 2 is 2.00 bits per heavy atom. The first-order chi connectivity index (χ1) is 16.1. The lowest BCUT2D eigenvalue weighted by Crippen LogP contribution is -2.35. The van der Waals surface area contributed by atoms with Gasteiger partial charge in [0.05, 0.1) is 6.20 Å². The Bertz CT molecular complexity index is 1340. The number of nitrogens with one attached hydrogen (secondary N) is 1. The Hall–Kier alpha value is -3.17. The summed E-state index contributed by atoms with van der Waals surface area (Å²) in [4.78, 5) is 25.2. The number of hydrogen-bond acceptors (Lipinski definition) is 7. The average molecular weight is 499 g/mol. The van der Waals surface area contributed by atoms with E-state index in [1.165, 1.54) is 18.0 Å². The largest absolute Gasteiger partial charge is 0.455 e. The average Bonchev–Trinajstić information content (AvgIpc) is 3.18. The molecule has 0 aliphatic carbocycles. The van der Waals surface area contributed by atoms with E-state index in [1.807, 2.05) is 6.07 Å². The first kappa shape index (κ1) is 22.6. The van der Waals surface area contributed by atoms with Gasteiger partial charge in [-0.15, -0.1) is 0 Å². The number of amides is 1. The summed E-state index contributed by atoms with van der Waals surface area (Å²) >= 11 is 7.61. The van der Waals surface area contributed by atoms with Crippen LogP contribution in [0.1, 0.15) is 31.9 Å². The number of fused-ring (bicyclic) bond motifs is 4. The van der Waals surface area contributed by atoms with Crippen molar-refractivity contribution in [3.63, 3.8) is 0 Å². The summed E-state index contributed by atoms with van der Waals surface area (Å²) < 4.78 is 25.9. The zero-order valence-electron chi connectivity index (χ0n) is 18.6. The third-order valence-electron chi connectivity index (χ3n) is 5.31. The minimum atomic E-state index is -0.931. The lowest BCUT2D eigenvalue weighted by atomic mass is 9.81. The Kier molecular flexibility index (Phi) is 5.49. The molecule has 1 unspecified atom stereocenters. The van der Waals surface area contributed by atoms with Gasteiger partial charge in [0.15, 0.2) is 10.9 Å². The number of aromatic nitrogens is 2. The molecule has 1 spiro atoms. The van der Waals surface area contributed by atoms with Crippen molar-refractivity contribution in [3.05, 3.63) is 71.0 Å². The zero-order valence-corrected chi connectivity index (χ0v) is 20.1. The number of aliphatic imine (C=N–C) groups is 1. The number of carbonyl (C=O) groups is 1. The third-order valence-corrected chi connectivity index (χ3v) is 6.55. The van der Waals surface area contributed by atoms with E-state index in [1.54, 1.807) is 57.3 Å². The van der Waals surface area contributed by atoms with Crippen LogP contribution in [0.5, 0.6) is 11.5 Å². The molecular weight excluding hydrogens is 479 g/mol. The maximum atomic E-state index is 14.4. The van der Waals surface area contributed by atoms with Gasteiger partial charge in [0.2, 0.25) is 5.95 Å². The lowest BCUT2D eigenvalue weighted by Gasteiger charge is -2.34. The van der Waals surface area contributed by atoms with Crippen molar-refractivity contribution in [2.24, 2.45) is 4.99 Å².